The number of hydrogen-bond donors (Lipinski definition) is 1. The van der Waals surface area contributed by atoms with Gasteiger partial charge in [0, 0.05) is 17.1 Å². The number of para-hydroxylation sites is 1. The van der Waals surface area contributed by atoms with Crippen molar-refractivity contribution >= 4 is 51.7 Å². The van der Waals surface area contributed by atoms with E-state index in [-0.39, 0.29) is 25.0 Å². The lowest BCUT2D eigenvalue weighted by Crippen LogP contribution is -2.31. The van der Waals surface area contributed by atoms with Crippen LogP contribution in [0.25, 0.3) is 0 Å². The van der Waals surface area contributed by atoms with E-state index in [1.165, 1.54) is 16.7 Å². The van der Waals surface area contributed by atoms with E-state index in [1.807, 2.05) is 48.5 Å². The van der Waals surface area contributed by atoms with Gasteiger partial charge in [-0.25, -0.2) is 4.90 Å². The van der Waals surface area contributed by atoms with Crippen LogP contribution < -0.4 is 19.7 Å². The van der Waals surface area contributed by atoms with Gasteiger partial charge in [0.2, 0.25) is 18.6 Å². The molecule has 34 heavy (non-hydrogen) atoms. The molecular formula is C25H20ClN3O4S. The molecule has 0 aromatic heterocycles. The molecule has 5 rings (SSSR count). The molecule has 1 fully saturated rings. The molecule has 0 bridgehead atoms. The van der Waals surface area contributed by atoms with Gasteiger partial charge < -0.3 is 14.8 Å². The van der Waals surface area contributed by atoms with Crippen LogP contribution in [-0.2, 0) is 16.1 Å². The molecule has 0 radical (unpaired) electrons. The molecule has 7 nitrogen and oxygen atoms in total. The van der Waals surface area contributed by atoms with Gasteiger partial charge in [0.25, 0.3) is 0 Å². The van der Waals surface area contributed by atoms with Gasteiger partial charge in [-0.05, 0) is 54.1 Å². The van der Waals surface area contributed by atoms with Gasteiger partial charge in [-0.15, -0.1) is 0 Å². The molecule has 2 aliphatic rings. The van der Waals surface area contributed by atoms with Crippen molar-refractivity contribution in [3.63, 3.8) is 0 Å². The molecular weight excluding hydrogens is 474 g/mol. The summed E-state index contributed by atoms with van der Waals surface area (Å²) >= 11 is 7.20. The van der Waals surface area contributed by atoms with Crippen LogP contribution in [0.15, 0.2) is 77.8 Å². The summed E-state index contributed by atoms with van der Waals surface area (Å²) in [7, 11) is 0. The number of aliphatic imine (C=N–C) groups is 1. The molecule has 9 heteroatoms. The summed E-state index contributed by atoms with van der Waals surface area (Å²) < 4.78 is 10.8. The van der Waals surface area contributed by atoms with E-state index in [0.717, 1.165) is 11.3 Å². The number of nitrogens with one attached hydrogen (secondary N) is 1. The molecule has 2 heterocycles. The van der Waals surface area contributed by atoms with E-state index in [9.17, 15) is 9.59 Å². The van der Waals surface area contributed by atoms with Gasteiger partial charge >= 0.3 is 0 Å². The van der Waals surface area contributed by atoms with E-state index in [0.29, 0.717) is 33.9 Å². The maximum absolute atomic E-state index is 13.1. The Balaban J connectivity index is 1.36. The second-order valence-electron chi connectivity index (χ2n) is 7.65. The molecule has 1 atom stereocenters. The van der Waals surface area contributed by atoms with E-state index < -0.39 is 5.25 Å². The standard InChI is InChI=1S/C25H20ClN3O4S/c26-17-7-9-19(10-8-17)29-23(30)13-22(24(29)31)34-25(28-18-4-2-1-3-5-18)27-14-16-6-11-20-21(12-16)33-15-32-20/h1-12,22H,13-15H2,(H,27,28). The first kappa shape index (κ1) is 22.3. The van der Waals surface area contributed by atoms with Crippen LogP contribution in [0.1, 0.15) is 12.0 Å². The molecule has 1 unspecified atom stereocenters. The van der Waals surface area contributed by atoms with Gasteiger partial charge in [0.1, 0.15) is 5.25 Å². The van der Waals surface area contributed by atoms with Crippen molar-refractivity contribution in [2.24, 2.45) is 4.99 Å². The highest BCUT2D eigenvalue weighted by atomic mass is 35.5. The van der Waals surface area contributed by atoms with Crippen LogP contribution in [0.2, 0.25) is 5.02 Å². The number of hydrogen-bond acceptors (Lipinski definition) is 6. The van der Waals surface area contributed by atoms with Crippen LogP contribution in [0.3, 0.4) is 0 Å². The van der Waals surface area contributed by atoms with Crippen molar-refractivity contribution < 1.29 is 19.1 Å². The second kappa shape index (κ2) is 9.79. The van der Waals surface area contributed by atoms with Gasteiger partial charge in [-0.3, -0.25) is 14.6 Å². The van der Waals surface area contributed by atoms with Crippen molar-refractivity contribution in [3.05, 3.63) is 83.4 Å². The fourth-order valence-electron chi connectivity index (χ4n) is 3.65. The third kappa shape index (κ3) is 4.88. The van der Waals surface area contributed by atoms with E-state index >= 15 is 0 Å². The Morgan fingerprint density at radius 1 is 1.03 bits per heavy atom. The first-order valence-corrected chi connectivity index (χ1v) is 11.9. The molecule has 0 aliphatic carbocycles. The predicted molar refractivity (Wildman–Crippen MR) is 134 cm³/mol. The SMILES string of the molecule is O=C1CC(SC(=NCc2ccc3c(c2)OCO3)Nc2ccccc2)C(=O)N1c1ccc(Cl)cc1. The van der Waals surface area contributed by atoms with Crippen molar-refractivity contribution in [1.82, 2.24) is 0 Å². The van der Waals surface area contributed by atoms with Crippen molar-refractivity contribution in [2.45, 2.75) is 18.2 Å². The molecule has 172 valence electrons. The minimum absolute atomic E-state index is 0.0889. The minimum atomic E-state index is -0.588. The second-order valence-corrected chi connectivity index (χ2v) is 9.28. The summed E-state index contributed by atoms with van der Waals surface area (Å²) in [5.74, 6) is 0.873. The summed E-state index contributed by atoms with van der Waals surface area (Å²) in [6.45, 7) is 0.579. The highest BCUT2D eigenvalue weighted by Gasteiger charge is 2.40. The van der Waals surface area contributed by atoms with Crippen molar-refractivity contribution in [2.75, 3.05) is 17.0 Å². The maximum Gasteiger partial charge on any atom is 0.247 e. The Morgan fingerprint density at radius 3 is 2.59 bits per heavy atom. The fraction of sp³-hybridized carbons (Fsp3) is 0.160. The minimum Gasteiger partial charge on any atom is -0.454 e. The van der Waals surface area contributed by atoms with Gasteiger partial charge in [-0.2, -0.15) is 0 Å². The Bertz CT molecular complexity index is 1250. The largest absolute Gasteiger partial charge is 0.454 e. The molecule has 3 aromatic rings. The lowest BCUT2D eigenvalue weighted by molar-refractivity contribution is -0.121. The number of nitrogens with zero attached hydrogens (tertiary/aromatic N) is 2. The number of rotatable bonds is 5. The number of fused-ring (bicyclic) bond motifs is 1. The van der Waals surface area contributed by atoms with E-state index in [4.69, 9.17) is 26.1 Å². The highest BCUT2D eigenvalue weighted by molar-refractivity contribution is 8.15. The Kier molecular flexibility index (Phi) is 6.42. The summed E-state index contributed by atoms with van der Waals surface area (Å²) in [4.78, 5) is 31.7. The normalized spacial score (nSPS) is 17.4. The average Bonchev–Trinajstić information content (AvgIpc) is 3.42. The number of carbonyl (C=O) groups is 2. The third-order valence-electron chi connectivity index (χ3n) is 5.31. The summed E-state index contributed by atoms with van der Waals surface area (Å²) in [6, 6.07) is 21.9. The summed E-state index contributed by atoms with van der Waals surface area (Å²) in [5.41, 5.74) is 2.29. The average molecular weight is 494 g/mol. The molecule has 0 saturated carbocycles. The number of anilines is 2. The first-order chi connectivity index (χ1) is 16.6. The topological polar surface area (TPSA) is 80.2 Å². The Morgan fingerprint density at radius 2 is 1.79 bits per heavy atom. The van der Waals surface area contributed by atoms with Crippen LogP contribution in [0.4, 0.5) is 11.4 Å². The Labute approximate surface area is 205 Å². The number of amides is 2. The smallest absolute Gasteiger partial charge is 0.247 e. The number of carbonyl (C=O) groups excluding carboxylic acids is 2. The molecule has 2 amide bonds. The maximum atomic E-state index is 13.1. The van der Waals surface area contributed by atoms with Gasteiger partial charge in [-0.1, -0.05) is 47.6 Å². The zero-order valence-corrected chi connectivity index (χ0v) is 19.5. The predicted octanol–water partition coefficient (Wildman–Crippen LogP) is 5.10. The molecule has 2 aliphatic heterocycles. The van der Waals surface area contributed by atoms with Gasteiger partial charge in [0.05, 0.1) is 12.2 Å². The number of amidine groups is 1. The summed E-state index contributed by atoms with van der Waals surface area (Å²) in [5, 5.41) is 3.78. The first-order valence-electron chi connectivity index (χ1n) is 10.6. The van der Waals surface area contributed by atoms with Crippen LogP contribution in [0, 0.1) is 0 Å². The van der Waals surface area contributed by atoms with Crippen LogP contribution in [0.5, 0.6) is 11.5 Å². The number of thioether (sulfide) groups is 1. The number of benzene rings is 3. The highest BCUT2D eigenvalue weighted by Crippen LogP contribution is 2.34. The third-order valence-corrected chi connectivity index (χ3v) is 6.67. The lowest BCUT2D eigenvalue weighted by atomic mass is 10.2. The van der Waals surface area contributed by atoms with E-state index in [2.05, 4.69) is 5.32 Å². The molecule has 1 N–H and O–H groups in total. The zero-order chi connectivity index (χ0) is 23.5. The van der Waals surface area contributed by atoms with Gasteiger partial charge in [0.15, 0.2) is 16.7 Å². The zero-order valence-electron chi connectivity index (χ0n) is 17.9. The molecule has 0 spiro atoms. The van der Waals surface area contributed by atoms with E-state index in [1.54, 1.807) is 24.3 Å². The summed E-state index contributed by atoms with van der Waals surface area (Å²) in [6.07, 6.45) is 0.0889. The van der Waals surface area contributed by atoms with Crippen LogP contribution >= 0.6 is 23.4 Å². The van der Waals surface area contributed by atoms with Crippen molar-refractivity contribution in [3.8, 4) is 11.5 Å². The quantitative estimate of drug-likeness (QED) is 0.302. The van der Waals surface area contributed by atoms with Crippen LogP contribution in [-0.4, -0.2) is 29.0 Å². The lowest BCUT2D eigenvalue weighted by Gasteiger charge is -2.16. The monoisotopic (exact) mass is 493 g/mol. The molecule has 3 aromatic carbocycles. The van der Waals surface area contributed by atoms with Crippen molar-refractivity contribution in [1.29, 1.82) is 0 Å². The number of ether oxygens (including phenoxy) is 2. The number of imide groups is 1. The Hall–Kier alpha value is -3.49. The fourth-order valence-corrected chi connectivity index (χ4v) is 4.79. The molecule has 1 saturated heterocycles. The number of halogens is 1.